The third kappa shape index (κ3) is 4.25. The largest absolute Gasteiger partial charge is 0.419 e. The number of halogens is 5. The molecule has 0 fully saturated rings. The summed E-state index contributed by atoms with van der Waals surface area (Å²) in [7, 11) is -4.33. The molecule has 0 radical (unpaired) electrons. The number of thiazole rings is 1. The molecule has 0 atom stereocenters. The van der Waals surface area contributed by atoms with Crippen molar-refractivity contribution in [3.05, 3.63) is 76.4 Å². The van der Waals surface area contributed by atoms with E-state index in [9.17, 15) is 30.4 Å². The summed E-state index contributed by atoms with van der Waals surface area (Å²) in [6, 6.07) is 7.31. The maximum Gasteiger partial charge on any atom is 0.419 e. The van der Waals surface area contributed by atoms with Crippen LogP contribution in [-0.4, -0.2) is 17.8 Å². The monoisotopic (exact) mass is 487 g/mol. The van der Waals surface area contributed by atoms with Gasteiger partial charge in [0.25, 0.3) is 0 Å². The quantitative estimate of drug-likeness (QED) is 0.396. The predicted molar refractivity (Wildman–Crippen MR) is 109 cm³/mol. The van der Waals surface area contributed by atoms with Gasteiger partial charge in [0.05, 0.1) is 16.2 Å². The molecule has 0 unspecified atom stereocenters. The van der Waals surface area contributed by atoms with Crippen LogP contribution in [0.25, 0.3) is 16.2 Å². The van der Waals surface area contributed by atoms with Gasteiger partial charge < -0.3 is 0 Å². The van der Waals surface area contributed by atoms with E-state index in [0.29, 0.717) is 32.9 Å². The zero-order valence-corrected chi connectivity index (χ0v) is 17.9. The predicted octanol–water partition coefficient (Wildman–Crippen LogP) is 5.15. The van der Waals surface area contributed by atoms with Gasteiger partial charge in [-0.15, -0.1) is 0 Å². The van der Waals surface area contributed by atoms with Gasteiger partial charge in [-0.1, -0.05) is 11.3 Å². The van der Waals surface area contributed by atoms with Gasteiger partial charge in [-0.3, -0.25) is 4.40 Å². The van der Waals surface area contributed by atoms with Crippen LogP contribution in [0.2, 0.25) is 0 Å². The minimum Gasteiger partial charge on any atom is -0.294 e. The Bertz CT molecular complexity index is 1410. The topological polar surface area (TPSA) is 63.5 Å². The lowest BCUT2D eigenvalue weighted by atomic mass is 10.2. The summed E-state index contributed by atoms with van der Waals surface area (Å²) < 4.78 is 94.2. The van der Waals surface area contributed by atoms with Crippen molar-refractivity contribution in [2.24, 2.45) is 0 Å². The molecule has 1 N–H and O–H groups in total. The molecule has 4 aromatic rings. The van der Waals surface area contributed by atoms with Gasteiger partial charge in [-0.25, -0.2) is 26.9 Å². The molecule has 0 saturated heterocycles. The molecule has 2 heterocycles. The van der Waals surface area contributed by atoms with Crippen LogP contribution in [-0.2, 0) is 22.7 Å². The summed E-state index contributed by atoms with van der Waals surface area (Å²) in [5, 5.41) is 0. The zero-order chi connectivity index (χ0) is 23.3. The Balaban J connectivity index is 1.57. The SMILES string of the molecule is Cc1c(CNS(=O)(=O)c2ccc(F)c(C(F)(F)F)c2)sc2nc(-c3ccc(F)cc3)cn12. The molecular weight excluding hydrogens is 473 g/mol. The molecule has 0 amide bonds. The molecule has 0 aliphatic rings. The number of sulfonamides is 1. The number of imidazole rings is 1. The number of aryl methyl sites for hydroxylation is 1. The van der Waals surface area contributed by atoms with Crippen molar-refractivity contribution in [2.75, 3.05) is 0 Å². The van der Waals surface area contributed by atoms with Crippen molar-refractivity contribution in [3.8, 4) is 11.3 Å². The van der Waals surface area contributed by atoms with E-state index in [2.05, 4.69) is 9.71 Å². The van der Waals surface area contributed by atoms with Crippen LogP contribution in [0, 0.1) is 18.6 Å². The van der Waals surface area contributed by atoms with Crippen LogP contribution < -0.4 is 4.72 Å². The average molecular weight is 487 g/mol. The van der Waals surface area contributed by atoms with Crippen LogP contribution >= 0.6 is 11.3 Å². The number of aromatic nitrogens is 2. The van der Waals surface area contributed by atoms with Crippen molar-refractivity contribution < 1.29 is 30.4 Å². The molecule has 12 heteroatoms. The number of benzene rings is 2. The zero-order valence-electron chi connectivity index (χ0n) is 16.2. The van der Waals surface area contributed by atoms with Gasteiger partial charge in [0.15, 0.2) is 4.96 Å². The third-order valence-electron chi connectivity index (χ3n) is 4.77. The van der Waals surface area contributed by atoms with Crippen molar-refractivity contribution >= 4 is 26.3 Å². The molecule has 4 rings (SSSR count). The van der Waals surface area contributed by atoms with Gasteiger partial charge in [0.1, 0.15) is 11.6 Å². The Kier molecular flexibility index (Phi) is 5.55. The van der Waals surface area contributed by atoms with Crippen LogP contribution in [0.3, 0.4) is 0 Å². The maximum absolute atomic E-state index is 13.5. The lowest BCUT2D eigenvalue weighted by Gasteiger charge is -2.11. The first kappa shape index (κ1) is 22.4. The molecule has 5 nitrogen and oxygen atoms in total. The molecule has 2 aromatic carbocycles. The lowest BCUT2D eigenvalue weighted by Crippen LogP contribution is -2.24. The second-order valence-corrected chi connectivity index (χ2v) is 9.69. The molecule has 2 aromatic heterocycles. The highest BCUT2D eigenvalue weighted by atomic mass is 32.2. The summed E-state index contributed by atoms with van der Waals surface area (Å²) in [5.41, 5.74) is 0.348. The van der Waals surface area contributed by atoms with Crippen LogP contribution in [0.1, 0.15) is 16.1 Å². The van der Waals surface area contributed by atoms with Crippen molar-refractivity contribution in [3.63, 3.8) is 0 Å². The van der Waals surface area contributed by atoms with Gasteiger partial charge in [0.2, 0.25) is 10.0 Å². The normalized spacial score (nSPS) is 12.6. The summed E-state index contributed by atoms with van der Waals surface area (Å²) >= 11 is 1.20. The van der Waals surface area contributed by atoms with E-state index >= 15 is 0 Å². The van der Waals surface area contributed by atoms with E-state index < -0.39 is 32.5 Å². The Labute approximate surface area is 183 Å². The number of rotatable bonds is 5. The molecule has 32 heavy (non-hydrogen) atoms. The Morgan fingerprint density at radius 1 is 1.09 bits per heavy atom. The third-order valence-corrected chi connectivity index (χ3v) is 7.32. The fraction of sp³-hybridized carbons (Fsp3) is 0.150. The van der Waals surface area contributed by atoms with Gasteiger partial charge in [-0.05, 0) is 49.4 Å². The highest BCUT2D eigenvalue weighted by Gasteiger charge is 2.35. The van der Waals surface area contributed by atoms with Crippen LogP contribution in [0.4, 0.5) is 22.0 Å². The van der Waals surface area contributed by atoms with Crippen LogP contribution in [0.5, 0.6) is 0 Å². The summed E-state index contributed by atoms with van der Waals surface area (Å²) in [6.45, 7) is 1.55. The van der Waals surface area contributed by atoms with Gasteiger partial charge >= 0.3 is 6.18 Å². The summed E-state index contributed by atoms with van der Waals surface area (Å²) in [6.07, 6.45) is -3.30. The van der Waals surface area contributed by atoms with Crippen molar-refractivity contribution in [1.82, 2.24) is 14.1 Å². The molecule has 0 aliphatic carbocycles. The Hall–Kier alpha value is -2.83. The molecular formula is C20H14F5N3O2S2. The number of hydrogen-bond acceptors (Lipinski definition) is 4. The highest BCUT2D eigenvalue weighted by molar-refractivity contribution is 7.89. The van der Waals surface area contributed by atoms with Crippen LogP contribution in [0.15, 0.2) is 53.6 Å². The van der Waals surface area contributed by atoms with E-state index in [-0.39, 0.29) is 18.4 Å². The fourth-order valence-corrected chi connectivity index (χ4v) is 5.21. The fourth-order valence-electron chi connectivity index (χ4n) is 3.05. The average Bonchev–Trinajstić information content (AvgIpc) is 3.26. The van der Waals surface area contributed by atoms with E-state index in [1.807, 2.05) is 0 Å². The van der Waals surface area contributed by atoms with E-state index in [0.717, 1.165) is 6.07 Å². The number of hydrogen-bond donors (Lipinski definition) is 1. The molecule has 168 valence electrons. The van der Waals surface area contributed by atoms with E-state index in [1.165, 1.54) is 23.5 Å². The Morgan fingerprint density at radius 3 is 2.41 bits per heavy atom. The van der Waals surface area contributed by atoms with Crippen molar-refractivity contribution in [1.29, 1.82) is 0 Å². The Morgan fingerprint density at radius 2 is 1.78 bits per heavy atom. The van der Waals surface area contributed by atoms with Gasteiger partial charge in [-0.2, -0.15) is 13.2 Å². The first-order valence-corrected chi connectivity index (χ1v) is 11.4. The molecule has 0 bridgehead atoms. The molecule has 0 saturated carbocycles. The first-order chi connectivity index (χ1) is 15.0. The second-order valence-electron chi connectivity index (χ2n) is 6.86. The first-order valence-electron chi connectivity index (χ1n) is 9.05. The van der Waals surface area contributed by atoms with E-state index in [1.54, 1.807) is 29.7 Å². The minimum atomic E-state index is -5.02. The number of alkyl halides is 3. The standard InChI is InChI=1S/C20H14F5N3O2S2/c1-11-18(31-19-27-17(10-28(11)19)12-2-4-13(21)5-3-12)9-26-32(29,30)14-6-7-16(22)15(8-14)20(23,24)25/h2-8,10,26H,9H2,1H3. The number of fused-ring (bicyclic) bond motifs is 1. The lowest BCUT2D eigenvalue weighted by molar-refractivity contribution is -0.140. The number of nitrogens with one attached hydrogen (secondary N) is 1. The smallest absolute Gasteiger partial charge is 0.294 e. The highest BCUT2D eigenvalue weighted by Crippen LogP contribution is 2.33. The molecule has 0 aliphatic heterocycles. The van der Waals surface area contributed by atoms with Gasteiger partial charge in [0, 0.05) is 28.9 Å². The van der Waals surface area contributed by atoms with E-state index in [4.69, 9.17) is 0 Å². The minimum absolute atomic E-state index is 0.188. The summed E-state index contributed by atoms with van der Waals surface area (Å²) in [5.74, 6) is -1.92. The maximum atomic E-state index is 13.5. The second kappa shape index (κ2) is 7.94. The summed E-state index contributed by atoms with van der Waals surface area (Å²) in [4.78, 5) is 4.93. The number of nitrogens with zero attached hydrogens (tertiary/aromatic N) is 2. The molecule has 0 spiro atoms. The van der Waals surface area contributed by atoms with Crippen molar-refractivity contribution in [2.45, 2.75) is 24.5 Å².